The second kappa shape index (κ2) is 7.67. The molecule has 1 N–H and O–H groups in total. The Bertz CT molecular complexity index is 427. The van der Waals surface area contributed by atoms with E-state index in [4.69, 9.17) is 0 Å². The molecule has 0 spiro atoms. The van der Waals surface area contributed by atoms with Crippen LogP contribution >= 0.6 is 11.8 Å². The van der Waals surface area contributed by atoms with Crippen molar-refractivity contribution in [2.24, 2.45) is 5.92 Å². The Kier molecular flexibility index (Phi) is 5.89. The minimum Gasteiger partial charge on any atom is -0.353 e. The summed E-state index contributed by atoms with van der Waals surface area (Å²) in [5, 5.41) is 3.12. The summed E-state index contributed by atoms with van der Waals surface area (Å²) in [4.78, 5) is 12.9. The Morgan fingerprint density at radius 1 is 1.25 bits per heavy atom. The molecule has 0 radical (unpaired) electrons. The lowest BCUT2D eigenvalue weighted by Gasteiger charge is -2.26. The standard InChI is InChI=1S/C16H22FNOS/c1-12-2-6-14(7-3-12)18-16(19)10-11-20-15-8-4-13(17)5-9-15/h4-5,8-9,12,14H,2-3,6-7,10-11H2,1H3,(H,18,19). The molecule has 0 atom stereocenters. The van der Waals surface area contributed by atoms with E-state index in [1.807, 2.05) is 0 Å². The number of hydrogen-bond donors (Lipinski definition) is 1. The second-order valence-corrected chi connectivity index (χ2v) is 6.75. The molecule has 1 aromatic rings. The Morgan fingerprint density at radius 2 is 1.90 bits per heavy atom. The average Bonchev–Trinajstić information content (AvgIpc) is 2.44. The molecular formula is C16H22FNOS. The van der Waals surface area contributed by atoms with Crippen LogP contribution in [0.3, 0.4) is 0 Å². The maximum Gasteiger partial charge on any atom is 0.221 e. The molecule has 0 bridgehead atoms. The van der Waals surface area contributed by atoms with Crippen molar-refractivity contribution in [2.75, 3.05) is 5.75 Å². The van der Waals surface area contributed by atoms with Crippen LogP contribution in [0.4, 0.5) is 4.39 Å². The highest BCUT2D eigenvalue weighted by atomic mass is 32.2. The molecule has 0 aliphatic heterocycles. The van der Waals surface area contributed by atoms with Gasteiger partial charge in [0.25, 0.3) is 0 Å². The number of nitrogens with one attached hydrogen (secondary N) is 1. The monoisotopic (exact) mass is 295 g/mol. The molecule has 1 aromatic carbocycles. The minimum atomic E-state index is -0.224. The lowest BCUT2D eigenvalue weighted by Crippen LogP contribution is -2.37. The van der Waals surface area contributed by atoms with Gasteiger partial charge in [0.2, 0.25) is 5.91 Å². The summed E-state index contributed by atoms with van der Waals surface area (Å²) in [7, 11) is 0. The Balaban J connectivity index is 1.64. The van der Waals surface area contributed by atoms with Crippen molar-refractivity contribution in [1.29, 1.82) is 0 Å². The van der Waals surface area contributed by atoms with Gasteiger partial charge >= 0.3 is 0 Å². The number of thioether (sulfide) groups is 1. The maximum atomic E-state index is 12.8. The van der Waals surface area contributed by atoms with Crippen molar-refractivity contribution in [2.45, 2.75) is 50.0 Å². The van der Waals surface area contributed by atoms with Crippen molar-refractivity contribution in [3.63, 3.8) is 0 Å². The third-order valence-corrected chi connectivity index (χ3v) is 4.81. The molecule has 2 rings (SSSR count). The number of hydrogen-bond acceptors (Lipinski definition) is 2. The van der Waals surface area contributed by atoms with Crippen molar-refractivity contribution < 1.29 is 9.18 Å². The van der Waals surface area contributed by atoms with Gasteiger partial charge in [-0.3, -0.25) is 4.79 Å². The SMILES string of the molecule is CC1CCC(NC(=O)CCSc2ccc(F)cc2)CC1. The van der Waals surface area contributed by atoms with Crippen LogP contribution in [0.2, 0.25) is 0 Å². The summed E-state index contributed by atoms with van der Waals surface area (Å²) in [5.74, 6) is 1.45. The van der Waals surface area contributed by atoms with Gasteiger partial charge in [0.1, 0.15) is 5.82 Å². The van der Waals surface area contributed by atoms with Crippen LogP contribution < -0.4 is 5.32 Å². The van der Waals surface area contributed by atoms with E-state index in [9.17, 15) is 9.18 Å². The van der Waals surface area contributed by atoms with Crippen LogP contribution in [0, 0.1) is 11.7 Å². The summed E-state index contributed by atoms with van der Waals surface area (Å²) in [6.45, 7) is 2.28. The zero-order valence-electron chi connectivity index (χ0n) is 11.9. The minimum absolute atomic E-state index is 0.138. The number of halogens is 1. The average molecular weight is 295 g/mol. The smallest absolute Gasteiger partial charge is 0.221 e. The van der Waals surface area contributed by atoms with Gasteiger partial charge < -0.3 is 5.32 Å². The van der Waals surface area contributed by atoms with Crippen LogP contribution in [0.15, 0.2) is 29.2 Å². The first kappa shape index (κ1) is 15.4. The maximum absolute atomic E-state index is 12.8. The molecule has 2 nitrogen and oxygen atoms in total. The fourth-order valence-electron chi connectivity index (χ4n) is 2.50. The Labute approximate surface area is 124 Å². The highest BCUT2D eigenvalue weighted by Gasteiger charge is 2.19. The van der Waals surface area contributed by atoms with Gasteiger partial charge in [-0.05, 0) is 55.9 Å². The summed E-state index contributed by atoms with van der Waals surface area (Å²) in [6, 6.07) is 6.77. The molecule has 0 saturated heterocycles. The molecule has 1 aliphatic carbocycles. The van der Waals surface area contributed by atoms with Crippen molar-refractivity contribution in [1.82, 2.24) is 5.32 Å². The molecule has 0 unspecified atom stereocenters. The molecular weight excluding hydrogens is 273 g/mol. The van der Waals surface area contributed by atoms with Gasteiger partial charge in [-0.25, -0.2) is 4.39 Å². The van der Waals surface area contributed by atoms with Crippen molar-refractivity contribution >= 4 is 17.7 Å². The first-order valence-corrected chi connectivity index (χ1v) is 8.30. The van der Waals surface area contributed by atoms with Crippen LogP contribution in [0.5, 0.6) is 0 Å². The van der Waals surface area contributed by atoms with E-state index < -0.39 is 0 Å². The first-order chi connectivity index (χ1) is 9.63. The number of carbonyl (C=O) groups excluding carboxylic acids is 1. The third-order valence-electron chi connectivity index (χ3n) is 3.79. The molecule has 0 heterocycles. The molecule has 1 saturated carbocycles. The van der Waals surface area contributed by atoms with E-state index in [0.717, 1.165) is 29.4 Å². The lowest BCUT2D eigenvalue weighted by atomic mass is 9.87. The molecule has 20 heavy (non-hydrogen) atoms. The molecule has 0 aromatic heterocycles. The zero-order valence-corrected chi connectivity index (χ0v) is 12.7. The van der Waals surface area contributed by atoms with E-state index in [-0.39, 0.29) is 11.7 Å². The number of benzene rings is 1. The number of rotatable bonds is 5. The van der Waals surface area contributed by atoms with E-state index in [1.54, 1.807) is 23.9 Å². The van der Waals surface area contributed by atoms with Crippen LogP contribution in [-0.2, 0) is 4.79 Å². The van der Waals surface area contributed by atoms with Gasteiger partial charge in [0, 0.05) is 23.1 Å². The van der Waals surface area contributed by atoms with Crippen molar-refractivity contribution in [3.8, 4) is 0 Å². The predicted octanol–water partition coefficient (Wildman–Crippen LogP) is 4.00. The molecule has 1 aliphatic rings. The largest absolute Gasteiger partial charge is 0.353 e. The zero-order chi connectivity index (χ0) is 14.4. The third kappa shape index (κ3) is 5.16. The predicted molar refractivity (Wildman–Crippen MR) is 81.3 cm³/mol. The van der Waals surface area contributed by atoms with E-state index in [0.29, 0.717) is 12.5 Å². The quantitative estimate of drug-likeness (QED) is 0.832. The highest BCUT2D eigenvalue weighted by Crippen LogP contribution is 2.23. The summed E-state index contributed by atoms with van der Waals surface area (Å²) < 4.78 is 12.8. The van der Waals surface area contributed by atoms with Gasteiger partial charge in [0.05, 0.1) is 0 Å². The molecule has 110 valence electrons. The number of carbonyl (C=O) groups is 1. The van der Waals surface area contributed by atoms with Gasteiger partial charge in [-0.2, -0.15) is 0 Å². The Morgan fingerprint density at radius 3 is 2.55 bits per heavy atom. The normalized spacial score (nSPS) is 22.5. The highest BCUT2D eigenvalue weighted by molar-refractivity contribution is 7.99. The fraction of sp³-hybridized carbons (Fsp3) is 0.562. The molecule has 1 amide bonds. The Hall–Kier alpha value is -1.03. The summed E-state index contributed by atoms with van der Waals surface area (Å²) >= 11 is 1.59. The van der Waals surface area contributed by atoms with Crippen LogP contribution in [-0.4, -0.2) is 17.7 Å². The van der Waals surface area contributed by atoms with Gasteiger partial charge in [-0.15, -0.1) is 11.8 Å². The van der Waals surface area contributed by atoms with Crippen LogP contribution in [0.1, 0.15) is 39.0 Å². The summed E-state index contributed by atoms with van der Waals surface area (Å²) in [5.41, 5.74) is 0. The second-order valence-electron chi connectivity index (χ2n) is 5.58. The number of amides is 1. The van der Waals surface area contributed by atoms with E-state index in [2.05, 4.69) is 12.2 Å². The topological polar surface area (TPSA) is 29.1 Å². The van der Waals surface area contributed by atoms with Crippen molar-refractivity contribution in [3.05, 3.63) is 30.1 Å². The first-order valence-electron chi connectivity index (χ1n) is 7.31. The summed E-state index contributed by atoms with van der Waals surface area (Å²) in [6.07, 6.45) is 5.18. The molecule has 1 fully saturated rings. The lowest BCUT2D eigenvalue weighted by molar-refractivity contribution is -0.121. The van der Waals surface area contributed by atoms with E-state index >= 15 is 0 Å². The van der Waals surface area contributed by atoms with E-state index in [1.165, 1.54) is 25.0 Å². The fourth-order valence-corrected chi connectivity index (χ4v) is 3.35. The molecule has 4 heteroatoms. The van der Waals surface area contributed by atoms with Gasteiger partial charge in [0.15, 0.2) is 0 Å². The van der Waals surface area contributed by atoms with Crippen LogP contribution in [0.25, 0.3) is 0 Å². The van der Waals surface area contributed by atoms with Gasteiger partial charge in [-0.1, -0.05) is 6.92 Å².